The zero-order valence-electron chi connectivity index (χ0n) is 10.7. The molecule has 4 rings (SSSR count). The van der Waals surface area contributed by atoms with E-state index in [4.69, 9.17) is 21.3 Å². The number of hydrogen-bond donors (Lipinski definition) is 2. The van der Waals surface area contributed by atoms with Crippen LogP contribution in [-0.2, 0) is 4.79 Å². The van der Waals surface area contributed by atoms with Gasteiger partial charge < -0.3 is 15.4 Å². The number of hydrogen-bond acceptors (Lipinski definition) is 4. The molecule has 1 fully saturated rings. The smallest absolute Gasteiger partial charge is 0.269 e. The number of benzene rings is 1. The molecular formula is C14H14ClN3O2. The van der Waals surface area contributed by atoms with E-state index in [-0.39, 0.29) is 18.0 Å². The summed E-state index contributed by atoms with van der Waals surface area (Å²) in [5, 5.41) is 6.85. The molecule has 6 heteroatoms. The Kier molecular flexibility index (Phi) is 2.72. The number of carbonyl (C=O) groups excluding carboxylic acids is 1. The molecule has 0 aromatic heterocycles. The Labute approximate surface area is 121 Å². The van der Waals surface area contributed by atoms with Crippen LogP contribution >= 0.6 is 11.6 Å². The quantitative estimate of drug-likeness (QED) is 0.823. The molecule has 1 amide bonds. The third-order valence-electron chi connectivity index (χ3n) is 4.01. The minimum atomic E-state index is -0.575. The fourth-order valence-corrected chi connectivity index (χ4v) is 3.21. The van der Waals surface area contributed by atoms with E-state index in [2.05, 4.69) is 10.6 Å². The van der Waals surface area contributed by atoms with Crippen molar-refractivity contribution in [3.05, 3.63) is 28.8 Å². The van der Waals surface area contributed by atoms with Gasteiger partial charge in [-0.05, 0) is 37.6 Å². The third-order valence-corrected chi connectivity index (χ3v) is 4.24. The molecule has 5 nitrogen and oxygen atoms in total. The monoisotopic (exact) mass is 291 g/mol. The molecule has 0 saturated carbocycles. The standard InChI is InChI=1S/C14H14ClN3O2/c15-7-3-4-10-8(6-7)11-12(20-10)14(19)18-13(17-11)9-2-1-5-16-9/h3-4,6,9,11-12,16H,1-2,5H2,(H,17,18,19)/t9-,11-,12-/m0/s1. The first-order chi connectivity index (χ1) is 9.72. The molecule has 0 radical (unpaired) electrons. The van der Waals surface area contributed by atoms with Crippen LogP contribution < -0.4 is 15.4 Å². The van der Waals surface area contributed by atoms with Gasteiger partial charge in [-0.2, -0.15) is 0 Å². The zero-order valence-corrected chi connectivity index (χ0v) is 11.5. The Morgan fingerprint density at radius 3 is 3.10 bits per heavy atom. The van der Waals surface area contributed by atoms with Crippen molar-refractivity contribution in [1.82, 2.24) is 10.6 Å². The minimum Gasteiger partial charge on any atom is -0.478 e. The number of nitrogens with one attached hydrogen (secondary N) is 2. The van der Waals surface area contributed by atoms with Crippen molar-refractivity contribution in [3.8, 4) is 5.75 Å². The lowest BCUT2D eigenvalue weighted by molar-refractivity contribution is -0.127. The summed E-state index contributed by atoms with van der Waals surface area (Å²) in [6.45, 7) is 0.965. The first kappa shape index (κ1) is 12.2. The normalized spacial score (nSPS) is 31.1. The van der Waals surface area contributed by atoms with Gasteiger partial charge in [-0.3, -0.25) is 9.79 Å². The molecule has 3 atom stereocenters. The van der Waals surface area contributed by atoms with Gasteiger partial charge in [-0.25, -0.2) is 0 Å². The molecular weight excluding hydrogens is 278 g/mol. The Hall–Kier alpha value is -1.59. The molecule has 3 aliphatic rings. The number of fused-ring (bicyclic) bond motifs is 3. The van der Waals surface area contributed by atoms with Crippen molar-refractivity contribution in [3.63, 3.8) is 0 Å². The summed E-state index contributed by atoms with van der Waals surface area (Å²) in [5.74, 6) is 1.30. The van der Waals surface area contributed by atoms with E-state index in [1.165, 1.54) is 0 Å². The number of aliphatic imine (C=N–C) groups is 1. The van der Waals surface area contributed by atoms with Gasteiger partial charge in [-0.15, -0.1) is 0 Å². The average Bonchev–Trinajstić information content (AvgIpc) is 3.06. The minimum absolute atomic E-state index is 0.124. The molecule has 0 spiro atoms. The van der Waals surface area contributed by atoms with E-state index in [0.29, 0.717) is 10.8 Å². The lowest BCUT2D eigenvalue weighted by Gasteiger charge is -2.25. The van der Waals surface area contributed by atoms with Crippen LogP contribution in [0.5, 0.6) is 5.75 Å². The highest BCUT2D eigenvalue weighted by molar-refractivity contribution is 6.30. The fraction of sp³-hybridized carbons (Fsp3) is 0.429. The number of ether oxygens (including phenoxy) is 1. The third kappa shape index (κ3) is 1.81. The van der Waals surface area contributed by atoms with Crippen molar-refractivity contribution in [2.75, 3.05) is 6.54 Å². The summed E-state index contributed by atoms with van der Waals surface area (Å²) in [6.07, 6.45) is 1.53. The molecule has 2 N–H and O–H groups in total. The van der Waals surface area contributed by atoms with Gasteiger partial charge in [0.25, 0.3) is 5.91 Å². The van der Waals surface area contributed by atoms with Crippen LogP contribution in [0.2, 0.25) is 5.02 Å². The molecule has 1 aromatic carbocycles. The van der Waals surface area contributed by atoms with E-state index in [1.54, 1.807) is 12.1 Å². The summed E-state index contributed by atoms with van der Waals surface area (Å²) in [4.78, 5) is 16.9. The molecule has 0 aliphatic carbocycles. The predicted molar refractivity (Wildman–Crippen MR) is 75.2 cm³/mol. The molecule has 104 valence electrons. The highest BCUT2D eigenvalue weighted by Gasteiger charge is 2.44. The molecule has 0 unspecified atom stereocenters. The number of nitrogens with zero attached hydrogens (tertiary/aromatic N) is 1. The van der Waals surface area contributed by atoms with Gasteiger partial charge in [0.2, 0.25) is 6.10 Å². The first-order valence-corrected chi connectivity index (χ1v) is 7.18. The Morgan fingerprint density at radius 1 is 1.40 bits per heavy atom. The maximum atomic E-state index is 12.2. The highest BCUT2D eigenvalue weighted by atomic mass is 35.5. The van der Waals surface area contributed by atoms with Crippen LogP contribution in [0.25, 0.3) is 0 Å². The van der Waals surface area contributed by atoms with Crippen LogP contribution in [0.4, 0.5) is 0 Å². The predicted octanol–water partition coefficient (Wildman–Crippen LogP) is 1.42. The second-order valence-corrected chi connectivity index (χ2v) is 5.75. The summed E-state index contributed by atoms with van der Waals surface area (Å²) in [7, 11) is 0. The summed E-state index contributed by atoms with van der Waals surface area (Å²) < 4.78 is 5.69. The Bertz CT molecular complexity index is 610. The van der Waals surface area contributed by atoms with Crippen LogP contribution in [0, 0.1) is 0 Å². The average molecular weight is 292 g/mol. The number of amides is 1. The van der Waals surface area contributed by atoms with Crippen molar-refractivity contribution in [1.29, 1.82) is 0 Å². The molecule has 20 heavy (non-hydrogen) atoms. The van der Waals surface area contributed by atoms with Crippen molar-refractivity contribution < 1.29 is 9.53 Å². The highest BCUT2D eigenvalue weighted by Crippen LogP contribution is 2.42. The van der Waals surface area contributed by atoms with Gasteiger partial charge in [-0.1, -0.05) is 11.6 Å². The van der Waals surface area contributed by atoms with E-state index in [0.717, 1.165) is 30.8 Å². The molecule has 3 aliphatic heterocycles. The molecule has 3 heterocycles. The summed E-state index contributed by atoms with van der Waals surface area (Å²) in [6, 6.07) is 5.26. The van der Waals surface area contributed by atoms with Crippen molar-refractivity contribution in [2.24, 2.45) is 4.99 Å². The van der Waals surface area contributed by atoms with Gasteiger partial charge >= 0.3 is 0 Å². The van der Waals surface area contributed by atoms with Crippen LogP contribution in [0.3, 0.4) is 0 Å². The number of halogens is 1. The Balaban J connectivity index is 1.74. The van der Waals surface area contributed by atoms with E-state index in [9.17, 15) is 4.79 Å². The summed E-state index contributed by atoms with van der Waals surface area (Å²) >= 11 is 6.04. The van der Waals surface area contributed by atoms with Gasteiger partial charge in [0.15, 0.2) is 0 Å². The van der Waals surface area contributed by atoms with E-state index < -0.39 is 6.10 Å². The SMILES string of the molecule is O=C1NC([C@@H]2CCCN2)=N[C@H]2c3cc(Cl)ccc3O[C@H]12. The second kappa shape index (κ2) is 4.46. The second-order valence-electron chi connectivity index (χ2n) is 5.32. The maximum absolute atomic E-state index is 12.2. The number of carbonyl (C=O) groups is 1. The van der Waals surface area contributed by atoms with Gasteiger partial charge in [0, 0.05) is 10.6 Å². The number of rotatable bonds is 1. The molecule has 0 bridgehead atoms. The van der Waals surface area contributed by atoms with Gasteiger partial charge in [0.1, 0.15) is 17.6 Å². The topological polar surface area (TPSA) is 62.7 Å². The lowest BCUT2D eigenvalue weighted by atomic mass is 10.0. The van der Waals surface area contributed by atoms with Crippen LogP contribution in [0.15, 0.2) is 23.2 Å². The lowest BCUT2D eigenvalue weighted by Crippen LogP contribution is -2.52. The first-order valence-electron chi connectivity index (χ1n) is 6.80. The van der Waals surface area contributed by atoms with Crippen LogP contribution in [-0.4, -0.2) is 30.4 Å². The van der Waals surface area contributed by atoms with Crippen molar-refractivity contribution >= 4 is 23.3 Å². The molecule has 1 aromatic rings. The maximum Gasteiger partial charge on any atom is 0.269 e. The fourth-order valence-electron chi connectivity index (χ4n) is 3.03. The zero-order chi connectivity index (χ0) is 13.7. The molecule has 1 saturated heterocycles. The Morgan fingerprint density at radius 2 is 2.30 bits per heavy atom. The number of amidine groups is 1. The van der Waals surface area contributed by atoms with Gasteiger partial charge in [0.05, 0.1) is 6.04 Å². The largest absolute Gasteiger partial charge is 0.478 e. The van der Waals surface area contributed by atoms with E-state index >= 15 is 0 Å². The van der Waals surface area contributed by atoms with Crippen molar-refractivity contribution in [2.45, 2.75) is 31.0 Å². The van der Waals surface area contributed by atoms with E-state index in [1.807, 2.05) is 6.07 Å². The summed E-state index contributed by atoms with van der Waals surface area (Å²) in [5.41, 5.74) is 0.896. The van der Waals surface area contributed by atoms with Crippen LogP contribution in [0.1, 0.15) is 24.4 Å².